The molecule has 0 fully saturated rings. The van der Waals surface area contributed by atoms with E-state index in [-0.39, 0.29) is 11.5 Å². The molecule has 2 N–H and O–H groups in total. The van der Waals surface area contributed by atoms with E-state index in [0.29, 0.717) is 5.56 Å². The molecule has 1 aromatic carbocycles. The van der Waals surface area contributed by atoms with E-state index in [4.69, 9.17) is 9.66 Å². The first-order valence-corrected chi connectivity index (χ1v) is 4.91. The van der Waals surface area contributed by atoms with Gasteiger partial charge < -0.3 is 9.29 Å². The highest BCUT2D eigenvalue weighted by atomic mass is 32.3. The fourth-order valence-electron chi connectivity index (χ4n) is 0.838. The highest BCUT2D eigenvalue weighted by Gasteiger charge is 2.11. The molecule has 0 atom stereocenters. The van der Waals surface area contributed by atoms with Crippen molar-refractivity contribution in [1.29, 1.82) is 0 Å². The van der Waals surface area contributed by atoms with Crippen LogP contribution in [-0.2, 0) is 10.4 Å². The first-order chi connectivity index (χ1) is 6.42. The van der Waals surface area contributed by atoms with E-state index in [1.54, 1.807) is 0 Å². The lowest BCUT2D eigenvalue weighted by Gasteiger charge is -2.04. The van der Waals surface area contributed by atoms with Crippen molar-refractivity contribution in [2.24, 2.45) is 0 Å². The Kier molecular flexibility index (Phi) is 2.78. The molecule has 0 aliphatic rings. The zero-order valence-electron chi connectivity index (χ0n) is 7.04. The van der Waals surface area contributed by atoms with Gasteiger partial charge in [-0.1, -0.05) is 18.7 Å². The van der Waals surface area contributed by atoms with Gasteiger partial charge in [0.05, 0.1) is 0 Å². The Morgan fingerprint density at radius 2 is 2.07 bits per heavy atom. The number of benzene rings is 1. The molecular weight excluding hydrogens is 208 g/mol. The molecule has 6 heteroatoms. The molecule has 76 valence electrons. The van der Waals surface area contributed by atoms with Crippen LogP contribution in [0.4, 0.5) is 0 Å². The maximum atomic E-state index is 10.3. The lowest BCUT2D eigenvalue weighted by atomic mass is 10.2. The molecule has 0 spiro atoms. The van der Waals surface area contributed by atoms with Crippen LogP contribution >= 0.6 is 0 Å². The van der Waals surface area contributed by atoms with Gasteiger partial charge in [-0.05, 0) is 17.7 Å². The van der Waals surface area contributed by atoms with E-state index in [9.17, 15) is 8.42 Å². The van der Waals surface area contributed by atoms with Gasteiger partial charge in [0.2, 0.25) is 0 Å². The van der Waals surface area contributed by atoms with Crippen molar-refractivity contribution in [2.45, 2.75) is 0 Å². The quantitative estimate of drug-likeness (QED) is 0.742. The predicted octanol–water partition coefficient (Wildman–Crippen LogP) is 1.22. The van der Waals surface area contributed by atoms with Crippen LogP contribution in [0.3, 0.4) is 0 Å². The van der Waals surface area contributed by atoms with Gasteiger partial charge in [0, 0.05) is 0 Å². The minimum Gasteiger partial charge on any atom is -0.504 e. The van der Waals surface area contributed by atoms with Gasteiger partial charge in [0.25, 0.3) is 0 Å². The SMILES string of the molecule is C=Cc1ccc(O)c(OS(=O)(=O)O)c1. The zero-order chi connectivity index (χ0) is 10.8. The van der Waals surface area contributed by atoms with E-state index in [1.165, 1.54) is 24.3 Å². The summed E-state index contributed by atoms with van der Waals surface area (Å²) in [6, 6.07) is 3.98. The van der Waals surface area contributed by atoms with Crippen molar-refractivity contribution >= 4 is 16.5 Å². The van der Waals surface area contributed by atoms with Crippen LogP contribution in [0.15, 0.2) is 24.8 Å². The molecule has 0 radical (unpaired) electrons. The summed E-state index contributed by atoms with van der Waals surface area (Å²) in [5.41, 5.74) is 0.557. The number of hydrogen-bond acceptors (Lipinski definition) is 4. The van der Waals surface area contributed by atoms with Crippen LogP contribution < -0.4 is 4.18 Å². The topological polar surface area (TPSA) is 83.8 Å². The standard InChI is InChI=1S/C8H8O5S/c1-2-6-3-4-7(9)8(5-6)13-14(10,11)12/h2-5,9H,1H2,(H,10,11,12). The average molecular weight is 216 g/mol. The van der Waals surface area contributed by atoms with Gasteiger partial charge in [0.15, 0.2) is 11.5 Å². The Bertz CT molecular complexity index is 449. The number of hydrogen-bond donors (Lipinski definition) is 2. The summed E-state index contributed by atoms with van der Waals surface area (Å²) in [6.45, 7) is 3.45. The lowest BCUT2D eigenvalue weighted by Crippen LogP contribution is -2.06. The molecule has 1 aromatic rings. The highest BCUT2D eigenvalue weighted by molar-refractivity contribution is 7.81. The predicted molar refractivity (Wildman–Crippen MR) is 50.4 cm³/mol. The summed E-state index contributed by atoms with van der Waals surface area (Å²) in [5.74, 6) is -0.724. The molecule has 0 saturated carbocycles. The maximum absolute atomic E-state index is 10.3. The number of rotatable bonds is 3. The Balaban J connectivity index is 3.13. The largest absolute Gasteiger partial charge is 0.504 e. The van der Waals surface area contributed by atoms with Crippen LogP contribution in [0.5, 0.6) is 11.5 Å². The van der Waals surface area contributed by atoms with Gasteiger partial charge in [-0.2, -0.15) is 8.42 Å². The van der Waals surface area contributed by atoms with Crippen molar-refractivity contribution in [3.8, 4) is 11.5 Å². The van der Waals surface area contributed by atoms with Gasteiger partial charge >= 0.3 is 10.4 Å². The first kappa shape index (κ1) is 10.6. The summed E-state index contributed by atoms with van der Waals surface area (Å²) in [6.07, 6.45) is 1.44. The molecule has 14 heavy (non-hydrogen) atoms. The summed E-state index contributed by atoms with van der Waals surface area (Å²) >= 11 is 0. The van der Waals surface area contributed by atoms with Crippen molar-refractivity contribution in [3.05, 3.63) is 30.3 Å². The fraction of sp³-hybridized carbons (Fsp3) is 0. The molecule has 0 heterocycles. The second kappa shape index (κ2) is 3.69. The average Bonchev–Trinajstić information content (AvgIpc) is 2.06. The van der Waals surface area contributed by atoms with Crippen molar-refractivity contribution in [1.82, 2.24) is 0 Å². The van der Waals surface area contributed by atoms with E-state index >= 15 is 0 Å². The third-order valence-electron chi connectivity index (χ3n) is 1.41. The Morgan fingerprint density at radius 1 is 1.43 bits per heavy atom. The van der Waals surface area contributed by atoms with E-state index < -0.39 is 10.4 Å². The van der Waals surface area contributed by atoms with Crippen LogP contribution in [0.1, 0.15) is 5.56 Å². The maximum Gasteiger partial charge on any atom is 0.446 e. The third kappa shape index (κ3) is 2.75. The van der Waals surface area contributed by atoms with Gasteiger partial charge in [0.1, 0.15) is 0 Å². The summed E-state index contributed by atoms with van der Waals surface area (Å²) in [7, 11) is -4.62. The Labute approximate surface area is 81.2 Å². The molecule has 5 nitrogen and oxygen atoms in total. The molecule has 0 saturated heterocycles. The molecule has 0 aliphatic heterocycles. The fourth-order valence-corrected chi connectivity index (χ4v) is 1.20. The Hall–Kier alpha value is -1.53. The molecule has 0 bridgehead atoms. The van der Waals surface area contributed by atoms with Crippen molar-refractivity contribution in [3.63, 3.8) is 0 Å². The highest BCUT2D eigenvalue weighted by Crippen LogP contribution is 2.28. The second-order valence-electron chi connectivity index (χ2n) is 2.44. The third-order valence-corrected chi connectivity index (χ3v) is 1.80. The van der Waals surface area contributed by atoms with Gasteiger partial charge in [-0.25, -0.2) is 0 Å². The molecule has 0 unspecified atom stereocenters. The van der Waals surface area contributed by atoms with Crippen molar-refractivity contribution < 1.29 is 22.3 Å². The second-order valence-corrected chi connectivity index (χ2v) is 3.46. The van der Waals surface area contributed by atoms with E-state index in [1.807, 2.05) is 0 Å². The van der Waals surface area contributed by atoms with Crippen LogP contribution in [0, 0.1) is 0 Å². The summed E-state index contributed by atoms with van der Waals surface area (Å²) in [5, 5.41) is 9.16. The zero-order valence-corrected chi connectivity index (χ0v) is 7.86. The number of phenolic OH excluding ortho intramolecular Hbond substituents is 1. The van der Waals surface area contributed by atoms with Crippen LogP contribution in [-0.4, -0.2) is 18.1 Å². The smallest absolute Gasteiger partial charge is 0.446 e. The van der Waals surface area contributed by atoms with Gasteiger partial charge in [-0.15, -0.1) is 0 Å². The Morgan fingerprint density at radius 3 is 2.57 bits per heavy atom. The monoisotopic (exact) mass is 216 g/mol. The molecule has 0 aromatic heterocycles. The lowest BCUT2D eigenvalue weighted by molar-refractivity contribution is 0.371. The first-order valence-electron chi connectivity index (χ1n) is 3.55. The van der Waals surface area contributed by atoms with Crippen LogP contribution in [0.25, 0.3) is 6.08 Å². The minimum atomic E-state index is -4.62. The van der Waals surface area contributed by atoms with Gasteiger partial charge in [-0.3, -0.25) is 4.55 Å². The summed E-state index contributed by atoms with van der Waals surface area (Å²) in [4.78, 5) is 0. The van der Waals surface area contributed by atoms with E-state index in [0.717, 1.165) is 0 Å². The number of phenols is 1. The molecule has 0 amide bonds. The molecule has 0 aliphatic carbocycles. The minimum absolute atomic E-state index is 0.343. The van der Waals surface area contributed by atoms with E-state index in [2.05, 4.69) is 10.8 Å². The van der Waals surface area contributed by atoms with Crippen LogP contribution in [0.2, 0.25) is 0 Å². The number of aromatic hydroxyl groups is 1. The summed E-state index contributed by atoms with van der Waals surface area (Å²) < 4.78 is 33.2. The van der Waals surface area contributed by atoms with Crippen molar-refractivity contribution in [2.75, 3.05) is 0 Å². The molecule has 1 rings (SSSR count). The normalized spacial score (nSPS) is 10.9. The molecular formula is C8H8O5S.